The first-order valence-electron chi connectivity index (χ1n) is 9.93. The van der Waals surface area contributed by atoms with Crippen LogP contribution in [0, 0.1) is 15.9 Å². The molecule has 35 heavy (non-hydrogen) atoms. The molecule has 2 amide bonds. The Morgan fingerprint density at radius 1 is 1.40 bits per heavy atom. The number of rotatable bonds is 9. The van der Waals surface area contributed by atoms with E-state index in [4.69, 9.17) is 21.1 Å². The van der Waals surface area contributed by atoms with E-state index < -0.39 is 34.5 Å². The van der Waals surface area contributed by atoms with Gasteiger partial charge in [0, 0.05) is 36.9 Å². The number of nitro benzene ring substituents is 1. The number of carboxylic acid groups (broad SMARTS) is 1. The molecule has 0 aliphatic carbocycles. The van der Waals surface area contributed by atoms with Gasteiger partial charge in [-0.3, -0.25) is 19.8 Å². The molecular formula is C20H20ClFN6O7. The summed E-state index contributed by atoms with van der Waals surface area (Å²) in [5.74, 6) is -1.45. The predicted octanol–water partition coefficient (Wildman–Crippen LogP) is 2.89. The minimum atomic E-state index is -1.26. The highest BCUT2D eigenvalue weighted by atomic mass is 35.5. The van der Waals surface area contributed by atoms with Gasteiger partial charge >= 0.3 is 11.8 Å². The molecule has 2 aromatic heterocycles. The van der Waals surface area contributed by atoms with Crippen molar-refractivity contribution in [1.29, 1.82) is 0 Å². The number of hydrogen-bond acceptors (Lipinski definition) is 8. The van der Waals surface area contributed by atoms with Gasteiger partial charge in [-0.2, -0.15) is 9.61 Å². The molecule has 2 N–H and O–H groups in total. The number of benzene rings is 1. The van der Waals surface area contributed by atoms with Crippen molar-refractivity contribution >= 4 is 40.8 Å². The molecular weight excluding hydrogens is 491 g/mol. The molecule has 3 rings (SSSR count). The van der Waals surface area contributed by atoms with Crippen LogP contribution in [0.25, 0.3) is 5.65 Å². The zero-order chi connectivity index (χ0) is 25.9. The van der Waals surface area contributed by atoms with Crippen molar-refractivity contribution in [3.63, 3.8) is 0 Å². The van der Waals surface area contributed by atoms with Gasteiger partial charge in [-0.1, -0.05) is 11.6 Å². The fraction of sp³-hybridized carbons (Fsp3) is 0.300. The molecule has 0 bridgehead atoms. The number of carbonyl (C=O) groups excluding carboxylic acids is 1. The van der Waals surface area contributed by atoms with Crippen molar-refractivity contribution in [1.82, 2.24) is 19.9 Å². The van der Waals surface area contributed by atoms with Crippen LogP contribution in [-0.4, -0.2) is 63.4 Å². The van der Waals surface area contributed by atoms with E-state index in [1.165, 1.54) is 26.4 Å². The number of aromatic nitrogens is 3. The largest absolute Gasteiger partial charge is 0.490 e. The molecule has 186 valence electrons. The fourth-order valence-corrected chi connectivity index (χ4v) is 3.29. The molecule has 2 heterocycles. The molecule has 0 saturated heterocycles. The second-order valence-corrected chi connectivity index (χ2v) is 7.72. The van der Waals surface area contributed by atoms with Crippen molar-refractivity contribution in [2.24, 2.45) is 0 Å². The van der Waals surface area contributed by atoms with Crippen LogP contribution >= 0.6 is 11.6 Å². The average Bonchev–Trinajstić information content (AvgIpc) is 3.22. The van der Waals surface area contributed by atoms with Crippen LogP contribution in [0.1, 0.15) is 22.8 Å². The SMILES string of the molecule is COc1cc(F)c(COCC(C)NC(=O)c2cnn3c(N(C)C(=O)O)cc(Cl)nc23)cc1[N+](=O)[O-]. The van der Waals surface area contributed by atoms with Crippen molar-refractivity contribution < 1.29 is 33.5 Å². The van der Waals surface area contributed by atoms with Crippen LogP contribution in [0.5, 0.6) is 5.75 Å². The van der Waals surface area contributed by atoms with Gasteiger partial charge < -0.3 is 19.9 Å². The molecule has 1 aromatic carbocycles. The fourth-order valence-electron chi connectivity index (χ4n) is 3.11. The number of nitrogens with zero attached hydrogens (tertiary/aromatic N) is 5. The molecule has 0 saturated carbocycles. The lowest BCUT2D eigenvalue weighted by Crippen LogP contribution is -2.36. The number of carbonyl (C=O) groups is 2. The summed E-state index contributed by atoms with van der Waals surface area (Å²) in [5.41, 5.74) is -0.372. The lowest BCUT2D eigenvalue weighted by Gasteiger charge is -2.15. The van der Waals surface area contributed by atoms with Crippen molar-refractivity contribution in [3.05, 3.63) is 56.6 Å². The molecule has 0 aliphatic heterocycles. The minimum absolute atomic E-state index is 0.0382. The Balaban J connectivity index is 1.68. The highest BCUT2D eigenvalue weighted by molar-refractivity contribution is 6.30. The number of anilines is 1. The lowest BCUT2D eigenvalue weighted by atomic mass is 10.2. The minimum Gasteiger partial charge on any atom is -0.490 e. The summed E-state index contributed by atoms with van der Waals surface area (Å²) in [6, 6.07) is 2.66. The molecule has 0 radical (unpaired) electrons. The van der Waals surface area contributed by atoms with Crippen molar-refractivity contribution in [3.8, 4) is 5.75 Å². The van der Waals surface area contributed by atoms with E-state index in [1.807, 2.05) is 0 Å². The standard InChI is InChI=1S/C20H20ClFN6O7/c1-10(8-35-9-11-4-14(28(32)33)15(34-3)5-13(11)22)24-19(29)12-7-23-27-17(26(2)20(30)31)6-16(21)25-18(12)27/h4-7,10H,8-9H2,1-3H3,(H,24,29)(H,30,31). The Kier molecular flexibility index (Phi) is 7.66. The van der Waals surface area contributed by atoms with Crippen LogP contribution < -0.4 is 15.0 Å². The third kappa shape index (κ3) is 5.55. The summed E-state index contributed by atoms with van der Waals surface area (Å²) in [7, 11) is 2.48. The molecule has 0 fully saturated rings. The van der Waals surface area contributed by atoms with E-state index in [1.54, 1.807) is 6.92 Å². The summed E-state index contributed by atoms with van der Waals surface area (Å²) < 4.78 is 25.6. The van der Waals surface area contributed by atoms with Crippen molar-refractivity contribution in [2.45, 2.75) is 19.6 Å². The Morgan fingerprint density at radius 3 is 2.74 bits per heavy atom. The third-order valence-electron chi connectivity index (χ3n) is 4.84. The maximum absolute atomic E-state index is 14.2. The molecule has 0 aliphatic rings. The number of amides is 2. The molecule has 3 aromatic rings. The summed E-state index contributed by atoms with van der Waals surface area (Å²) >= 11 is 6.00. The van der Waals surface area contributed by atoms with Crippen LogP contribution in [0.2, 0.25) is 5.15 Å². The molecule has 0 spiro atoms. The number of fused-ring (bicyclic) bond motifs is 1. The van der Waals surface area contributed by atoms with E-state index in [0.29, 0.717) is 0 Å². The van der Waals surface area contributed by atoms with Crippen LogP contribution in [0.3, 0.4) is 0 Å². The number of hydrogen-bond donors (Lipinski definition) is 2. The van der Waals surface area contributed by atoms with Crippen LogP contribution in [-0.2, 0) is 11.3 Å². The zero-order valence-corrected chi connectivity index (χ0v) is 19.4. The zero-order valence-electron chi connectivity index (χ0n) is 18.7. The van der Waals surface area contributed by atoms with Crippen LogP contribution in [0.15, 0.2) is 24.4 Å². The Bertz CT molecular complexity index is 1300. The Labute approximate surface area is 202 Å². The number of halogens is 2. The lowest BCUT2D eigenvalue weighted by molar-refractivity contribution is -0.385. The Morgan fingerprint density at radius 2 is 2.11 bits per heavy atom. The monoisotopic (exact) mass is 510 g/mol. The third-order valence-corrected chi connectivity index (χ3v) is 5.04. The number of ether oxygens (including phenoxy) is 2. The van der Waals surface area contributed by atoms with Gasteiger partial charge in [0.15, 0.2) is 11.4 Å². The average molecular weight is 511 g/mol. The van der Waals surface area contributed by atoms with E-state index in [2.05, 4.69) is 15.4 Å². The molecule has 15 heteroatoms. The van der Waals surface area contributed by atoms with E-state index >= 15 is 0 Å². The Hall–Kier alpha value is -4.04. The summed E-state index contributed by atoms with van der Waals surface area (Å²) in [4.78, 5) is 39.4. The van der Waals surface area contributed by atoms with E-state index in [9.17, 15) is 29.2 Å². The van der Waals surface area contributed by atoms with Gasteiger partial charge in [-0.05, 0) is 6.92 Å². The van der Waals surface area contributed by atoms with Gasteiger partial charge in [0.1, 0.15) is 22.4 Å². The maximum atomic E-state index is 14.2. The molecule has 1 atom stereocenters. The van der Waals surface area contributed by atoms with Gasteiger partial charge in [0.05, 0.1) is 31.4 Å². The van der Waals surface area contributed by atoms with Crippen molar-refractivity contribution in [2.75, 3.05) is 25.7 Å². The van der Waals surface area contributed by atoms with Crippen LogP contribution in [0.4, 0.5) is 20.7 Å². The first-order valence-corrected chi connectivity index (χ1v) is 10.3. The van der Waals surface area contributed by atoms with E-state index in [-0.39, 0.29) is 46.7 Å². The second-order valence-electron chi connectivity index (χ2n) is 7.33. The number of nitro groups is 1. The van der Waals surface area contributed by atoms with Gasteiger partial charge in [0.2, 0.25) is 0 Å². The predicted molar refractivity (Wildman–Crippen MR) is 121 cm³/mol. The molecule has 13 nitrogen and oxygen atoms in total. The molecule has 1 unspecified atom stereocenters. The van der Waals surface area contributed by atoms with Gasteiger partial charge in [-0.25, -0.2) is 14.2 Å². The second kappa shape index (κ2) is 10.5. The number of nitrogens with one attached hydrogen (secondary N) is 1. The first-order chi connectivity index (χ1) is 16.5. The normalized spacial score (nSPS) is 11.8. The highest BCUT2D eigenvalue weighted by Crippen LogP contribution is 2.30. The van der Waals surface area contributed by atoms with Gasteiger partial charge in [-0.15, -0.1) is 0 Å². The summed E-state index contributed by atoms with van der Waals surface area (Å²) in [6.45, 7) is 1.29. The first kappa shape index (κ1) is 25.6. The van der Waals surface area contributed by atoms with Gasteiger partial charge in [0.25, 0.3) is 5.91 Å². The summed E-state index contributed by atoms with van der Waals surface area (Å²) in [5, 5.41) is 27.0. The van der Waals surface area contributed by atoms with E-state index in [0.717, 1.165) is 21.5 Å². The topological polar surface area (TPSA) is 161 Å². The highest BCUT2D eigenvalue weighted by Gasteiger charge is 2.22. The summed E-state index contributed by atoms with van der Waals surface area (Å²) in [6.07, 6.45) is -0.0495. The number of methoxy groups -OCH3 is 1. The quantitative estimate of drug-likeness (QED) is 0.250. The maximum Gasteiger partial charge on any atom is 0.412 e. The smallest absolute Gasteiger partial charge is 0.412 e.